The van der Waals surface area contributed by atoms with Crippen molar-refractivity contribution in [1.29, 1.82) is 0 Å². The molecule has 1 aliphatic carbocycles. The van der Waals surface area contributed by atoms with Crippen molar-refractivity contribution in [2.24, 2.45) is 0 Å². The van der Waals surface area contributed by atoms with E-state index in [1.54, 1.807) is 0 Å². The highest BCUT2D eigenvalue weighted by atomic mass is 79.9. The summed E-state index contributed by atoms with van der Waals surface area (Å²) in [5, 5.41) is 3.72. The molecule has 3 rings (SSSR count). The third-order valence-corrected chi connectivity index (χ3v) is 4.10. The van der Waals surface area contributed by atoms with Gasteiger partial charge in [0, 0.05) is 29.6 Å². The van der Waals surface area contributed by atoms with Crippen LogP contribution in [0.15, 0.2) is 28.7 Å². The lowest BCUT2D eigenvalue weighted by molar-refractivity contribution is 0.548. The SMILES string of the molecule is Brc1ccccc1N1CCC(NC2CC2)C1. The lowest BCUT2D eigenvalue weighted by Gasteiger charge is -2.20. The highest BCUT2D eigenvalue weighted by molar-refractivity contribution is 9.10. The quantitative estimate of drug-likeness (QED) is 0.916. The van der Waals surface area contributed by atoms with Gasteiger partial charge in [-0.25, -0.2) is 0 Å². The summed E-state index contributed by atoms with van der Waals surface area (Å²) >= 11 is 3.63. The average molecular weight is 281 g/mol. The summed E-state index contributed by atoms with van der Waals surface area (Å²) in [5.41, 5.74) is 1.34. The maximum Gasteiger partial charge on any atom is 0.0511 e. The molecule has 1 atom stereocenters. The number of para-hydroxylation sites is 1. The van der Waals surface area contributed by atoms with E-state index in [9.17, 15) is 0 Å². The standard InChI is InChI=1S/C13H17BrN2/c14-12-3-1-2-4-13(12)16-8-7-11(9-16)15-10-5-6-10/h1-4,10-11,15H,5-9H2. The molecule has 0 aromatic heterocycles. The van der Waals surface area contributed by atoms with E-state index in [4.69, 9.17) is 0 Å². The minimum atomic E-state index is 0.694. The van der Waals surface area contributed by atoms with E-state index in [0.717, 1.165) is 12.6 Å². The number of nitrogens with zero attached hydrogens (tertiary/aromatic N) is 1. The molecule has 1 unspecified atom stereocenters. The fraction of sp³-hybridized carbons (Fsp3) is 0.538. The third-order valence-electron chi connectivity index (χ3n) is 3.43. The molecule has 1 saturated heterocycles. The van der Waals surface area contributed by atoms with Crippen LogP contribution < -0.4 is 10.2 Å². The number of halogens is 1. The predicted octanol–water partition coefficient (Wildman–Crippen LogP) is 2.78. The molecule has 1 saturated carbocycles. The van der Waals surface area contributed by atoms with Gasteiger partial charge in [0.15, 0.2) is 0 Å². The highest BCUT2D eigenvalue weighted by Crippen LogP contribution is 2.29. The number of nitrogens with one attached hydrogen (secondary N) is 1. The van der Waals surface area contributed by atoms with Gasteiger partial charge in [-0.2, -0.15) is 0 Å². The zero-order valence-corrected chi connectivity index (χ0v) is 10.9. The molecule has 86 valence electrons. The van der Waals surface area contributed by atoms with Gasteiger partial charge in [0.2, 0.25) is 0 Å². The highest BCUT2D eigenvalue weighted by Gasteiger charge is 2.29. The molecule has 2 fully saturated rings. The largest absolute Gasteiger partial charge is 0.369 e. The molecule has 3 heteroatoms. The third kappa shape index (κ3) is 2.25. The van der Waals surface area contributed by atoms with Gasteiger partial charge in [-0.3, -0.25) is 0 Å². The Balaban J connectivity index is 1.66. The average Bonchev–Trinajstić information content (AvgIpc) is 2.97. The molecule has 2 nitrogen and oxygen atoms in total. The first-order chi connectivity index (χ1) is 7.83. The fourth-order valence-corrected chi connectivity index (χ4v) is 2.94. The summed E-state index contributed by atoms with van der Waals surface area (Å²) in [6, 6.07) is 10.0. The fourth-order valence-electron chi connectivity index (χ4n) is 2.41. The summed E-state index contributed by atoms with van der Waals surface area (Å²) in [6.45, 7) is 2.33. The van der Waals surface area contributed by atoms with Crippen molar-refractivity contribution in [3.05, 3.63) is 28.7 Å². The van der Waals surface area contributed by atoms with Crippen LogP contribution in [0.3, 0.4) is 0 Å². The van der Waals surface area contributed by atoms with Crippen LogP contribution >= 0.6 is 15.9 Å². The van der Waals surface area contributed by atoms with Crippen LogP contribution in [0.1, 0.15) is 19.3 Å². The summed E-state index contributed by atoms with van der Waals surface area (Å²) < 4.78 is 1.21. The Bertz CT molecular complexity index is 376. The zero-order chi connectivity index (χ0) is 11.0. The summed E-state index contributed by atoms with van der Waals surface area (Å²) in [7, 11) is 0. The van der Waals surface area contributed by atoms with Gasteiger partial charge in [0.1, 0.15) is 0 Å². The van der Waals surface area contributed by atoms with Gasteiger partial charge < -0.3 is 10.2 Å². The van der Waals surface area contributed by atoms with E-state index < -0.39 is 0 Å². The van der Waals surface area contributed by atoms with Crippen molar-refractivity contribution in [2.75, 3.05) is 18.0 Å². The van der Waals surface area contributed by atoms with Crippen LogP contribution in [-0.4, -0.2) is 25.2 Å². The van der Waals surface area contributed by atoms with Crippen LogP contribution in [0.5, 0.6) is 0 Å². The minimum Gasteiger partial charge on any atom is -0.369 e. The van der Waals surface area contributed by atoms with Crippen molar-refractivity contribution in [2.45, 2.75) is 31.3 Å². The molecule has 0 spiro atoms. The maximum absolute atomic E-state index is 3.72. The van der Waals surface area contributed by atoms with Crippen molar-refractivity contribution in [1.82, 2.24) is 5.32 Å². The lowest BCUT2D eigenvalue weighted by Crippen LogP contribution is -2.33. The molecule has 1 aromatic carbocycles. The number of hydrogen-bond donors (Lipinski definition) is 1. The van der Waals surface area contributed by atoms with Crippen molar-refractivity contribution >= 4 is 21.6 Å². The molecule has 1 aromatic rings. The Hall–Kier alpha value is -0.540. The first-order valence-corrected chi connectivity index (χ1v) is 6.88. The topological polar surface area (TPSA) is 15.3 Å². The minimum absolute atomic E-state index is 0.694. The normalized spacial score (nSPS) is 25.1. The van der Waals surface area contributed by atoms with Crippen LogP contribution in [-0.2, 0) is 0 Å². The summed E-state index contributed by atoms with van der Waals surface area (Å²) in [4.78, 5) is 2.48. The molecule has 2 aliphatic rings. The molecule has 1 N–H and O–H groups in total. The Labute approximate surface area is 105 Å². The van der Waals surface area contributed by atoms with E-state index in [0.29, 0.717) is 6.04 Å². The first-order valence-electron chi connectivity index (χ1n) is 6.08. The zero-order valence-electron chi connectivity index (χ0n) is 9.32. The van der Waals surface area contributed by atoms with E-state index in [1.807, 2.05) is 0 Å². The van der Waals surface area contributed by atoms with Crippen molar-refractivity contribution < 1.29 is 0 Å². The van der Waals surface area contributed by atoms with Crippen molar-refractivity contribution in [3.8, 4) is 0 Å². The summed E-state index contributed by atoms with van der Waals surface area (Å²) in [5.74, 6) is 0. The van der Waals surface area contributed by atoms with Gasteiger partial charge in [-0.1, -0.05) is 12.1 Å². The second-order valence-corrected chi connectivity index (χ2v) is 5.68. The Morgan fingerprint density at radius 3 is 2.69 bits per heavy atom. The van der Waals surface area contributed by atoms with Crippen LogP contribution in [0.2, 0.25) is 0 Å². The Morgan fingerprint density at radius 1 is 1.12 bits per heavy atom. The molecule has 16 heavy (non-hydrogen) atoms. The van der Waals surface area contributed by atoms with Crippen molar-refractivity contribution in [3.63, 3.8) is 0 Å². The van der Waals surface area contributed by atoms with E-state index in [-0.39, 0.29) is 0 Å². The smallest absolute Gasteiger partial charge is 0.0511 e. The van der Waals surface area contributed by atoms with Gasteiger partial charge in [-0.15, -0.1) is 0 Å². The Kier molecular flexibility index (Phi) is 2.90. The molecule has 0 radical (unpaired) electrons. The first kappa shape index (κ1) is 10.6. The molecular weight excluding hydrogens is 264 g/mol. The monoisotopic (exact) mass is 280 g/mol. The van der Waals surface area contributed by atoms with Gasteiger partial charge >= 0.3 is 0 Å². The predicted molar refractivity (Wildman–Crippen MR) is 70.9 cm³/mol. The van der Waals surface area contributed by atoms with E-state index in [2.05, 4.69) is 50.4 Å². The number of rotatable bonds is 3. The maximum atomic E-state index is 3.72. The Morgan fingerprint density at radius 2 is 1.94 bits per heavy atom. The van der Waals surface area contributed by atoms with E-state index in [1.165, 1.54) is 36.0 Å². The van der Waals surface area contributed by atoms with Crippen LogP contribution in [0.25, 0.3) is 0 Å². The molecular formula is C13H17BrN2. The summed E-state index contributed by atoms with van der Waals surface area (Å²) in [6.07, 6.45) is 4.04. The molecule has 1 aliphatic heterocycles. The van der Waals surface area contributed by atoms with Gasteiger partial charge in [0.25, 0.3) is 0 Å². The van der Waals surface area contributed by atoms with Gasteiger partial charge in [0.05, 0.1) is 5.69 Å². The molecule has 1 heterocycles. The molecule has 0 bridgehead atoms. The number of benzene rings is 1. The van der Waals surface area contributed by atoms with Gasteiger partial charge in [-0.05, 0) is 47.3 Å². The number of hydrogen-bond acceptors (Lipinski definition) is 2. The number of anilines is 1. The van der Waals surface area contributed by atoms with E-state index >= 15 is 0 Å². The lowest BCUT2D eigenvalue weighted by atomic mass is 10.2. The van der Waals surface area contributed by atoms with Crippen LogP contribution in [0, 0.1) is 0 Å². The van der Waals surface area contributed by atoms with Crippen LogP contribution in [0.4, 0.5) is 5.69 Å². The second kappa shape index (κ2) is 4.38. The second-order valence-electron chi connectivity index (χ2n) is 4.82. The molecule has 0 amide bonds.